The molecule has 1 rings (SSSR count). The van der Waals surface area contributed by atoms with Crippen molar-refractivity contribution in [2.24, 2.45) is 5.41 Å². The monoisotopic (exact) mass is 281 g/mol. The predicted molar refractivity (Wildman–Crippen MR) is 68.9 cm³/mol. The van der Waals surface area contributed by atoms with Gasteiger partial charge in [0.25, 0.3) is 0 Å². The van der Waals surface area contributed by atoms with Crippen LogP contribution in [-0.4, -0.2) is 49.2 Å². The molecule has 1 aliphatic rings. The average Bonchev–Trinajstić information content (AvgIpc) is 2.52. The highest BCUT2D eigenvalue weighted by Gasteiger charge is 2.35. The molecule has 0 N–H and O–H groups in total. The molecule has 1 atom stereocenters. The summed E-state index contributed by atoms with van der Waals surface area (Å²) in [5.41, 5.74) is -0.0614. The molecule has 0 aromatic rings. The summed E-state index contributed by atoms with van der Waals surface area (Å²) < 4.78 is 22.9. The number of rotatable bonds is 3. The van der Waals surface area contributed by atoms with E-state index in [0.29, 0.717) is 13.0 Å². The van der Waals surface area contributed by atoms with E-state index in [-0.39, 0.29) is 34.7 Å². The topological polar surface area (TPSA) is 54.5 Å². The Morgan fingerprint density at radius 3 is 2.35 bits per heavy atom. The van der Waals surface area contributed by atoms with Gasteiger partial charge >= 0.3 is 0 Å². The second-order valence-electron chi connectivity index (χ2n) is 5.77. The fourth-order valence-corrected chi connectivity index (χ4v) is 3.91. The van der Waals surface area contributed by atoms with Crippen LogP contribution >= 0.6 is 11.6 Å². The lowest BCUT2D eigenvalue weighted by atomic mass is 9.95. The van der Waals surface area contributed by atoms with Gasteiger partial charge in [0.1, 0.15) is 5.88 Å². The van der Waals surface area contributed by atoms with Gasteiger partial charge in [-0.2, -0.15) is 0 Å². The van der Waals surface area contributed by atoms with Crippen LogP contribution in [0.25, 0.3) is 0 Å². The van der Waals surface area contributed by atoms with Crippen LogP contribution < -0.4 is 0 Å². The normalized spacial score (nSPS) is 23.6. The molecule has 1 fully saturated rings. The zero-order chi connectivity index (χ0) is 13.3. The number of halogens is 1. The van der Waals surface area contributed by atoms with E-state index in [4.69, 9.17) is 11.6 Å². The highest BCUT2D eigenvalue weighted by Crippen LogP contribution is 2.23. The fourth-order valence-electron chi connectivity index (χ4n) is 2.03. The lowest BCUT2D eigenvalue weighted by Crippen LogP contribution is -2.46. The van der Waals surface area contributed by atoms with Crippen LogP contribution in [0.4, 0.5) is 0 Å². The summed E-state index contributed by atoms with van der Waals surface area (Å²) >= 11 is 5.58. The van der Waals surface area contributed by atoms with Crippen LogP contribution in [0.5, 0.6) is 0 Å². The maximum Gasteiger partial charge on any atom is 0.237 e. The van der Waals surface area contributed by atoms with Gasteiger partial charge in [0, 0.05) is 12.6 Å². The largest absolute Gasteiger partial charge is 0.337 e. The molecule has 0 radical (unpaired) electrons. The van der Waals surface area contributed by atoms with Crippen LogP contribution in [0, 0.1) is 5.41 Å². The van der Waals surface area contributed by atoms with E-state index in [1.165, 1.54) is 0 Å². The van der Waals surface area contributed by atoms with Crippen molar-refractivity contribution in [3.63, 3.8) is 0 Å². The van der Waals surface area contributed by atoms with Crippen molar-refractivity contribution in [3.8, 4) is 0 Å². The summed E-state index contributed by atoms with van der Waals surface area (Å²) in [4.78, 5) is 13.4. The van der Waals surface area contributed by atoms with E-state index in [9.17, 15) is 13.2 Å². The summed E-state index contributed by atoms with van der Waals surface area (Å²) in [6, 6.07) is -0.203. The summed E-state index contributed by atoms with van der Waals surface area (Å²) in [6.07, 6.45) is 0.529. The number of carbonyl (C=O) groups is 1. The lowest BCUT2D eigenvalue weighted by molar-refractivity contribution is -0.131. The molecular formula is C11H20ClNO3S. The maximum absolute atomic E-state index is 11.8. The first-order valence-corrected chi connectivity index (χ1v) is 8.06. The molecule has 1 saturated heterocycles. The van der Waals surface area contributed by atoms with E-state index < -0.39 is 9.84 Å². The first-order chi connectivity index (χ1) is 7.64. The SMILES string of the molecule is CC(C)(C)CN(C(=O)CCl)C1CCS(=O)(=O)C1. The van der Waals surface area contributed by atoms with Gasteiger partial charge in [0.05, 0.1) is 11.5 Å². The number of alkyl halides is 1. The molecule has 0 aromatic heterocycles. The molecule has 4 nitrogen and oxygen atoms in total. The van der Waals surface area contributed by atoms with Crippen LogP contribution in [0.2, 0.25) is 0 Å². The van der Waals surface area contributed by atoms with Gasteiger partial charge in [-0.3, -0.25) is 4.79 Å². The summed E-state index contributed by atoms with van der Waals surface area (Å²) in [5, 5.41) is 0. The van der Waals surface area contributed by atoms with E-state index in [1.54, 1.807) is 4.90 Å². The van der Waals surface area contributed by atoms with E-state index >= 15 is 0 Å². The van der Waals surface area contributed by atoms with Crippen LogP contribution in [0.1, 0.15) is 27.2 Å². The first-order valence-electron chi connectivity index (χ1n) is 5.70. The molecule has 6 heteroatoms. The summed E-state index contributed by atoms with van der Waals surface area (Å²) in [6.45, 7) is 6.60. The Bertz CT molecular complexity index is 386. The zero-order valence-electron chi connectivity index (χ0n) is 10.6. The minimum absolute atomic E-state index is 0.0614. The molecule has 0 aliphatic carbocycles. The average molecular weight is 282 g/mol. The highest BCUT2D eigenvalue weighted by atomic mass is 35.5. The third-order valence-electron chi connectivity index (χ3n) is 2.73. The molecule has 1 amide bonds. The Morgan fingerprint density at radius 1 is 1.41 bits per heavy atom. The lowest BCUT2D eigenvalue weighted by Gasteiger charge is -2.33. The number of nitrogens with zero attached hydrogens (tertiary/aromatic N) is 1. The predicted octanol–water partition coefficient (Wildman–Crippen LogP) is 1.29. The summed E-state index contributed by atoms with van der Waals surface area (Å²) in [5.74, 6) is -0.0182. The zero-order valence-corrected chi connectivity index (χ0v) is 12.1. The Hall–Kier alpha value is -0.290. The maximum atomic E-state index is 11.8. The van der Waals surface area contributed by atoms with Crippen LogP contribution in [0.3, 0.4) is 0 Å². The molecule has 1 aliphatic heterocycles. The summed E-state index contributed by atoms with van der Waals surface area (Å²) in [7, 11) is -2.97. The molecule has 0 spiro atoms. The molecule has 100 valence electrons. The van der Waals surface area contributed by atoms with Gasteiger partial charge in [0.15, 0.2) is 9.84 Å². The van der Waals surface area contributed by atoms with Gasteiger partial charge in [-0.1, -0.05) is 20.8 Å². The first kappa shape index (κ1) is 14.8. The Labute approximate surface area is 108 Å². The highest BCUT2D eigenvalue weighted by molar-refractivity contribution is 7.91. The van der Waals surface area contributed by atoms with Crippen molar-refractivity contribution in [2.75, 3.05) is 23.9 Å². The fraction of sp³-hybridized carbons (Fsp3) is 0.909. The molecular weight excluding hydrogens is 262 g/mol. The molecule has 1 unspecified atom stereocenters. The van der Waals surface area contributed by atoms with E-state index in [0.717, 1.165) is 0 Å². The van der Waals surface area contributed by atoms with Gasteiger partial charge in [0.2, 0.25) is 5.91 Å². The second kappa shape index (κ2) is 5.14. The van der Waals surface area contributed by atoms with E-state index in [1.807, 2.05) is 20.8 Å². The number of carbonyl (C=O) groups excluding carboxylic acids is 1. The van der Waals surface area contributed by atoms with Gasteiger partial charge < -0.3 is 4.90 Å². The van der Waals surface area contributed by atoms with Crippen molar-refractivity contribution in [2.45, 2.75) is 33.2 Å². The number of hydrogen-bond acceptors (Lipinski definition) is 3. The molecule has 0 bridgehead atoms. The van der Waals surface area contributed by atoms with Crippen LogP contribution in [0.15, 0.2) is 0 Å². The Balaban J connectivity index is 2.81. The second-order valence-corrected chi connectivity index (χ2v) is 8.27. The van der Waals surface area contributed by atoms with Crippen LogP contribution in [-0.2, 0) is 14.6 Å². The minimum atomic E-state index is -2.97. The number of hydrogen-bond donors (Lipinski definition) is 0. The van der Waals surface area contributed by atoms with Crippen molar-refractivity contribution in [1.29, 1.82) is 0 Å². The molecule has 0 aromatic carbocycles. The van der Waals surface area contributed by atoms with E-state index in [2.05, 4.69) is 0 Å². The molecule has 1 heterocycles. The Morgan fingerprint density at radius 2 is 2.00 bits per heavy atom. The third-order valence-corrected chi connectivity index (χ3v) is 4.71. The smallest absolute Gasteiger partial charge is 0.237 e. The van der Waals surface area contributed by atoms with Gasteiger partial charge in [-0.05, 0) is 11.8 Å². The quantitative estimate of drug-likeness (QED) is 0.733. The van der Waals surface area contributed by atoms with Crippen molar-refractivity contribution < 1.29 is 13.2 Å². The standard InChI is InChI=1S/C11H20ClNO3S/c1-11(2,3)8-13(10(14)6-12)9-4-5-17(15,16)7-9/h9H,4-8H2,1-3H3. The molecule has 0 saturated carbocycles. The molecule has 17 heavy (non-hydrogen) atoms. The minimum Gasteiger partial charge on any atom is -0.337 e. The van der Waals surface area contributed by atoms with Gasteiger partial charge in [-0.15, -0.1) is 11.6 Å². The third kappa shape index (κ3) is 4.47. The number of sulfone groups is 1. The van der Waals surface area contributed by atoms with Gasteiger partial charge in [-0.25, -0.2) is 8.42 Å². The van der Waals surface area contributed by atoms with Crippen molar-refractivity contribution in [1.82, 2.24) is 4.90 Å². The van der Waals surface area contributed by atoms with Crippen molar-refractivity contribution >= 4 is 27.3 Å². The van der Waals surface area contributed by atoms with Crippen molar-refractivity contribution in [3.05, 3.63) is 0 Å². The number of amides is 1. The Kier molecular flexibility index (Phi) is 4.47.